The Morgan fingerprint density at radius 2 is 1.71 bits per heavy atom. The number of aliphatic hydroxyl groups excluding tert-OH is 1. The Hall–Kier alpha value is -1.06. The second-order valence-corrected chi connectivity index (χ2v) is 7.73. The maximum Gasteiger partial charge on any atom is 0.123 e. The lowest BCUT2D eigenvalue weighted by Crippen LogP contribution is -2.29. The van der Waals surface area contributed by atoms with E-state index in [1.165, 1.54) is 11.1 Å². The van der Waals surface area contributed by atoms with Gasteiger partial charge in [0.25, 0.3) is 0 Å². The van der Waals surface area contributed by atoms with Crippen LogP contribution in [-0.2, 0) is 10.8 Å². The summed E-state index contributed by atoms with van der Waals surface area (Å²) in [6.45, 7) is 14.0. The summed E-state index contributed by atoms with van der Waals surface area (Å²) in [7, 11) is 1.82. The van der Waals surface area contributed by atoms with Gasteiger partial charge in [0.2, 0.25) is 0 Å². The number of aliphatic hydroxyl groups is 1. The first-order valence-electron chi connectivity index (χ1n) is 7.66. The van der Waals surface area contributed by atoms with Crippen molar-refractivity contribution < 1.29 is 9.84 Å². The smallest absolute Gasteiger partial charge is 0.123 e. The van der Waals surface area contributed by atoms with E-state index >= 15 is 0 Å². The Kier molecular flexibility index (Phi) is 5.83. The number of hydrogen-bond donors (Lipinski definition) is 2. The van der Waals surface area contributed by atoms with Gasteiger partial charge >= 0.3 is 0 Å². The van der Waals surface area contributed by atoms with Crippen molar-refractivity contribution in [2.45, 2.75) is 58.5 Å². The third-order valence-electron chi connectivity index (χ3n) is 3.52. The molecule has 0 saturated heterocycles. The Labute approximate surface area is 129 Å². The van der Waals surface area contributed by atoms with Gasteiger partial charge in [-0.2, -0.15) is 0 Å². The van der Waals surface area contributed by atoms with Crippen molar-refractivity contribution in [2.75, 3.05) is 20.2 Å². The predicted molar refractivity (Wildman–Crippen MR) is 89.3 cm³/mol. The zero-order chi connectivity index (χ0) is 16.3. The van der Waals surface area contributed by atoms with Crippen LogP contribution in [-0.4, -0.2) is 31.4 Å². The molecular weight excluding hydrogens is 262 g/mol. The molecule has 0 aliphatic heterocycles. The summed E-state index contributed by atoms with van der Waals surface area (Å²) in [5, 5.41) is 12.7. The number of benzene rings is 1. The van der Waals surface area contributed by atoms with Crippen LogP contribution < -0.4 is 10.1 Å². The summed E-state index contributed by atoms with van der Waals surface area (Å²) in [5.41, 5.74) is 2.61. The molecule has 0 fully saturated rings. The van der Waals surface area contributed by atoms with Crippen LogP contribution in [0.2, 0.25) is 0 Å². The van der Waals surface area contributed by atoms with Crippen molar-refractivity contribution in [3.63, 3.8) is 0 Å². The average Bonchev–Trinajstić information content (AvgIpc) is 2.34. The van der Waals surface area contributed by atoms with Crippen LogP contribution in [0.3, 0.4) is 0 Å². The molecule has 120 valence electrons. The van der Waals surface area contributed by atoms with Crippen LogP contribution in [0.1, 0.15) is 52.7 Å². The van der Waals surface area contributed by atoms with Gasteiger partial charge in [-0.25, -0.2) is 0 Å². The summed E-state index contributed by atoms with van der Waals surface area (Å²) < 4.78 is 5.86. The molecule has 0 aromatic heterocycles. The highest BCUT2D eigenvalue weighted by Gasteiger charge is 2.23. The molecule has 1 atom stereocenters. The van der Waals surface area contributed by atoms with Crippen molar-refractivity contribution in [2.24, 2.45) is 0 Å². The highest BCUT2D eigenvalue weighted by atomic mass is 16.5. The van der Waals surface area contributed by atoms with E-state index in [2.05, 4.69) is 59.0 Å². The Morgan fingerprint density at radius 3 is 2.19 bits per heavy atom. The van der Waals surface area contributed by atoms with Gasteiger partial charge in [0, 0.05) is 6.54 Å². The molecule has 0 aliphatic rings. The van der Waals surface area contributed by atoms with E-state index in [1.54, 1.807) is 0 Å². The monoisotopic (exact) mass is 293 g/mol. The van der Waals surface area contributed by atoms with E-state index < -0.39 is 6.10 Å². The molecule has 0 amide bonds. The highest BCUT2D eigenvalue weighted by Crippen LogP contribution is 2.35. The number of likely N-dealkylation sites (N-methyl/N-ethyl adjacent to an activating group) is 1. The maximum atomic E-state index is 9.80. The minimum Gasteiger partial charge on any atom is -0.491 e. The molecule has 0 aliphatic carbocycles. The minimum atomic E-state index is -0.495. The first kappa shape index (κ1) is 18.0. The van der Waals surface area contributed by atoms with Gasteiger partial charge in [0.1, 0.15) is 18.5 Å². The quantitative estimate of drug-likeness (QED) is 0.875. The lowest BCUT2D eigenvalue weighted by Gasteiger charge is -2.27. The molecule has 0 heterocycles. The minimum absolute atomic E-state index is 0.00452. The van der Waals surface area contributed by atoms with Gasteiger partial charge in [0.15, 0.2) is 0 Å². The molecule has 21 heavy (non-hydrogen) atoms. The fraction of sp³-hybridized carbons (Fsp3) is 0.667. The van der Waals surface area contributed by atoms with E-state index in [1.807, 2.05) is 13.1 Å². The van der Waals surface area contributed by atoms with E-state index in [0.717, 1.165) is 5.75 Å². The molecular formula is C18H31NO2. The standard InChI is InChI=1S/C18H31NO2/c1-17(2,3)13-8-9-16(15(10-13)18(4,5)6)21-12-14(20)11-19-7/h8-10,14,19-20H,11-12H2,1-7H3. The summed E-state index contributed by atoms with van der Waals surface area (Å²) in [5.74, 6) is 0.866. The van der Waals surface area contributed by atoms with Gasteiger partial charge < -0.3 is 15.2 Å². The van der Waals surface area contributed by atoms with Gasteiger partial charge in [0.05, 0.1) is 0 Å². The lowest BCUT2D eigenvalue weighted by atomic mass is 9.80. The Bertz CT molecular complexity index is 455. The van der Waals surface area contributed by atoms with E-state index in [4.69, 9.17) is 4.74 Å². The second kappa shape index (κ2) is 6.80. The SMILES string of the molecule is CNCC(O)COc1ccc(C(C)(C)C)cc1C(C)(C)C. The third kappa shape index (κ3) is 5.33. The summed E-state index contributed by atoms with van der Waals surface area (Å²) in [6.07, 6.45) is -0.495. The van der Waals surface area contributed by atoms with Crippen molar-refractivity contribution in [3.05, 3.63) is 29.3 Å². The number of ether oxygens (including phenoxy) is 1. The van der Waals surface area contributed by atoms with Crippen molar-refractivity contribution in [3.8, 4) is 5.75 Å². The predicted octanol–water partition coefficient (Wildman–Crippen LogP) is 3.24. The highest BCUT2D eigenvalue weighted by molar-refractivity contribution is 5.43. The molecule has 2 N–H and O–H groups in total. The van der Waals surface area contributed by atoms with E-state index in [-0.39, 0.29) is 10.8 Å². The molecule has 1 rings (SSSR count). The molecule has 0 spiro atoms. The van der Waals surface area contributed by atoms with Gasteiger partial charge in [-0.1, -0.05) is 53.7 Å². The van der Waals surface area contributed by atoms with Gasteiger partial charge in [-0.3, -0.25) is 0 Å². The van der Waals surface area contributed by atoms with Gasteiger partial charge in [-0.15, -0.1) is 0 Å². The fourth-order valence-electron chi connectivity index (χ4n) is 2.19. The van der Waals surface area contributed by atoms with Crippen LogP contribution in [0.25, 0.3) is 0 Å². The molecule has 0 saturated carbocycles. The number of rotatable bonds is 5. The largest absolute Gasteiger partial charge is 0.491 e. The van der Waals surface area contributed by atoms with Crippen LogP contribution in [0.15, 0.2) is 18.2 Å². The summed E-state index contributed by atoms with van der Waals surface area (Å²) in [6, 6.07) is 6.39. The van der Waals surface area contributed by atoms with Crippen LogP contribution in [0.5, 0.6) is 5.75 Å². The van der Waals surface area contributed by atoms with E-state index in [9.17, 15) is 5.11 Å². The second-order valence-electron chi connectivity index (χ2n) is 7.73. The Balaban J connectivity index is 3.04. The zero-order valence-electron chi connectivity index (χ0n) is 14.6. The average molecular weight is 293 g/mol. The summed E-state index contributed by atoms with van der Waals surface area (Å²) >= 11 is 0. The zero-order valence-corrected chi connectivity index (χ0v) is 14.6. The lowest BCUT2D eigenvalue weighted by molar-refractivity contribution is 0.107. The first-order chi connectivity index (χ1) is 9.55. The van der Waals surface area contributed by atoms with Crippen molar-refractivity contribution in [1.82, 2.24) is 5.32 Å². The van der Waals surface area contributed by atoms with Crippen LogP contribution in [0.4, 0.5) is 0 Å². The van der Waals surface area contributed by atoms with Crippen molar-refractivity contribution >= 4 is 0 Å². The molecule has 1 aromatic carbocycles. The molecule has 3 nitrogen and oxygen atoms in total. The molecule has 3 heteroatoms. The van der Waals surface area contributed by atoms with Gasteiger partial charge in [-0.05, 0) is 35.1 Å². The third-order valence-corrected chi connectivity index (χ3v) is 3.52. The van der Waals surface area contributed by atoms with Crippen LogP contribution in [0, 0.1) is 0 Å². The van der Waals surface area contributed by atoms with Crippen LogP contribution >= 0.6 is 0 Å². The summed E-state index contributed by atoms with van der Waals surface area (Å²) in [4.78, 5) is 0. The number of hydrogen-bond acceptors (Lipinski definition) is 3. The topological polar surface area (TPSA) is 41.5 Å². The number of nitrogens with one attached hydrogen (secondary N) is 1. The first-order valence-corrected chi connectivity index (χ1v) is 7.66. The fourth-order valence-corrected chi connectivity index (χ4v) is 2.19. The molecule has 0 radical (unpaired) electrons. The van der Waals surface area contributed by atoms with Crippen molar-refractivity contribution in [1.29, 1.82) is 0 Å². The molecule has 1 unspecified atom stereocenters. The van der Waals surface area contributed by atoms with E-state index in [0.29, 0.717) is 13.2 Å². The normalized spacial score (nSPS) is 14.1. The molecule has 1 aromatic rings. The maximum absolute atomic E-state index is 9.80. The molecule has 0 bridgehead atoms. The Morgan fingerprint density at radius 1 is 1.10 bits per heavy atom.